The first kappa shape index (κ1) is 21.8. The number of hydrogen-bond donors (Lipinski definition) is 1. The number of likely N-dealkylation sites (N-methyl/N-ethyl adjacent to an activating group) is 1. The van der Waals surface area contributed by atoms with Crippen LogP contribution in [0.5, 0.6) is 5.75 Å². The molecule has 0 atom stereocenters. The highest BCUT2D eigenvalue weighted by Gasteiger charge is 2.29. The standard InChI is InChI=1S/C24H23Cl2N5O2/c1-29-8-10-30(11-9-29)18-5-3-17(4-6-18)28-23-13-22-19(14-27-23)24(32)31(15-33-22)21-12-16(25)2-7-20(21)26/h2-7,12-14H,8-11,15H2,1H3,(H,27,28). The van der Waals surface area contributed by atoms with Gasteiger partial charge in [-0.25, -0.2) is 4.98 Å². The summed E-state index contributed by atoms with van der Waals surface area (Å²) < 4.78 is 5.85. The van der Waals surface area contributed by atoms with E-state index < -0.39 is 0 Å². The van der Waals surface area contributed by atoms with E-state index in [9.17, 15) is 4.79 Å². The Morgan fingerprint density at radius 2 is 1.76 bits per heavy atom. The van der Waals surface area contributed by atoms with E-state index in [1.165, 1.54) is 16.8 Å². The summed E-state index contributed by atoms with van der Waals surface area (Å²) in [5, 5.41) is 4.20. The normalized spacial score (nSPS) is 16.4. The Balaban J connectivity index is 1.30. The van der Waals surface area contributed by atoms with Gasteiger partial charge in [-0.15, -0.1) is 0 Å². The molecule has 1 fully saturated rings. The van der Waals surface area contributed by atoms with E-state index >= 15 is 0 Å². The van der Waals surface area contributed by atoms with E-state index in [1.54, 1.807) is 24.3 Å². The summed E-state index contributed by atoms with van der Waals surface area (Å²) in [6, 6.07) is 15.0. The molecule has 7 nitrogen and oxygen atoms in total. The smallest absolute Gasteiger partial charge is 0.266 e. The van der Waals surface area contributed by atoms with Crippen LogP contribution >= 0.6 is 23.2 Å². The van der Waals surface area contributed by atoms with Gasteiger partial charge in [-0.2, -0.15) is 0 Å². The highest BCUT2D eigenvalue weighted by atomic mass is 35.5. The highest BCUT2D eigenvalue weighted by Crippen LogP contribution is 2.35. The van der Waals surface area contributed by atoms with Gasteiger partial charge in [0, 0.05) is 54.8 Å². The number of ether oxygens (including phenoxy) is 1. The second-order valence-electron chi connectivity index (χ2n) is 8.13. The number of halogens is 2. The van der Waals surface area contributed by atoms with Crippen molar-refractivity contribution in [1.82, 2.24) is 9.88 Å². The van der Waals surface area contributed by atoms with Gasteiger partial charge in [0.25, 0.3) is 5.91 Å². The first-order valence-corrected chi connectivity index (χ1v) is 11.4. The molecule has 1 aromatic heterocycles. The Bertz CT molecular complexity index is 1180. The summed E-state index contributed by atoms with van der Waals surface area (Å²) in [6.45, 7) is 4.23. The van der Waals surface area contributed by atoms with Gasteiger partial charge in [-0.1, -0.05) is 23.2 Å². The zero-order valence-electron chi connectivity index (χ0n) is 18.1. The number of aromatic nitrogens is 1. The summed E-state index contributed by atoms with van der Waals surface area (Å²) in [5.41, 5.74) is 2.99. The molecule has 0 aliphatic carbocycles. The van der Waals surface area contributed by atoms with Crippen molar-refractivity contribution in [1.29, 1.82) is 0 Å². The van der Waals surface area contributed by atoms with Gasteiger partial charge < -0.3 is 19.9 Å². The Morgan fingerprint density at radius 1 is 1.00 bits per heavy atom. The van der Waals surface area contributed by atoms with Crippen LogP contribution in [0, 0.1) is 0 Å². The van der Waals surface area contributed by atoms with Crippen molar-refractivity contribution in [3.8, 4) is 5.75 Å². The molecule has 0 bridgehead atoms. The molecule has 0 unspecified atom stereocenters. The van der Waals surface area contributed by atoms with Crippen LogP contribution in [-0.4, -0.2) is 55.7 Å². The maximum absolute atomic E-state index is 13.0. The Kier molecular flexibility index (Phi) is 6.01. The van der Waals surface area contributed by atoms with Crippen molar-refractivity contribution in [3.63, 3.8) is 0 Å². The van der Waals surface area contributed by atoms with E-state index in [4.69, 9.17) is 27.9 Å². The Hall–Kier alpha value is -3.00. The number of hydrogen-bond acceptors (Lipinski definition) is 6. The lowest BCUT2D eigenvalue weighted by molar-refractivity contribution is 0.0936. The number of rotatable bonds is 4. The van der Waals surface area contributed by atoms with E-state index in [0.717, 1.165) is 31.9 Å². The molecular weight excluding hydrogens is 461 g/mol. The molecule has 9 heteroatoms. The molecule has 0 radical (unpaired) electrons. The predicted molar refractivity (Wildman–Crippen MR) is 132 cm³/mol. The average molecular weight is 484 g/mol. The number of amides is 1. The molecule has 3 aromatic rings. The van der Waals surface area contributed by atoms with Gasteiger partial charge in [-0.05, 0) is 49.5 Å². The van der Waals surface area contributed by atoms with Crippen molar-refractivity contribution in [2.45, 2.75) is 0 Å². The zero-order valence-corrected chi connectivity index (χ0v) is 19.6. The minimum atomic E-state index is -0.240. The third kappa shape index (κ3) is 4.57. The fourth-order valence-corrected chi connectivity index (χ4v) is 4.35. The van der Waals surface area contributed by atoms with Gasteiger partial charge in [-0.3, -0.25) is 9.69 Å². The van der Waals surface area contributed by atoms with Crippen molar-refractivity contribution >= 4 is 52.0 Å². The van der Waals surface area contributed by atoms with Crippen LogP contribution in [0.3, 0.4) is 0 Å². The summed E-state index contributed by atoms with van der Waals surface area (Å²) in [5.74, 6) is 0.833. The minimum absolute atomic E-state index is 0.0368. The summed E-state index contributed by atoms with van der Waals surface area (Å²) >= 11 is 12.3. The van der Waals surface area contributed by atoms with Crippen LogP contribution in [0.4, 0.5) is 22.9 Å². The molecule has 170 valence electrons. The number of nitrogens with one attached hydrogen (secondary N) is 1. The van der Waals surface area contributed by atoms with Gasteiger partial charge in [0.05, 0.1) is 10.7 Å². The SMILES string of the molecule is CN1CCN(c2ccc(Nc3cc4c(cn3)C(=O)N(c3cc(Cl)ccc3Cl)CO4)cc2)CC1. The molecule has 0 saturated carbocycles. The Labute approximate surface area is 202 Å². The summed E-state index contributed by atoms with van der Waals surface area (Å²) in [6.07, 6.45) is 1.52. The van der Waals surface area contributed by atoms with Crippen molar-refractivity contribution < 1.29 is 9.53 Å². The molecule has 1 amide bonds. The third-order valence-electron chi connectivity index (χ3n) is 5.90. The molecule has 0 spiro atoms. The summed E-state index contributed by atoms with van der Waals surface area (Å²) in [7, 11) is 2.15. The number of fused-ring (bicyclic) bond motifs is 1. The quantitative estimate of drug-likeness (QED) is 0.570. The number of anilines is 4. The molecule has 33 heavy (non-hydrogen) atoms. The van der Waals surface area contributed by atoms with Crippen LogP contribution in [0.15, 0.2) is 54.7 Å². The van der Waals surface area contributed by atoms with Crippen molar-refractivity contribution in [2.75, 3.05) is 55.1 Å². The zero-order chi connectivity index (χ0) is 22.9. The molecule has 2 aliphatic rings. The topological polar surface area (TPSA) is 60.9 Å². The second-order valence-corrected chi connectivity index (χ2v) is 8.97. The van der Waals surface area contributed by atoms with E-state index in [1.807, 2.05) is 12.1 Å². The van der Waals surface area contributed by atoms with Crippen LogP contribution in [0.25, 0.3) is 0 Å². The maximum atomic E-state index is 13.0. The molecule has 1 saturated heterocycles. The van der Waals surface area contributed by atoms with E-state index in [2.05, 4.69) is 39.3 Å². The maximum Gasteiger partial charge on any atom is 0.266 e. The number of nitrogens with zero attached hydrogens (tertiary/aromatic N) is 4. The van der Waals surface area contributed by atoms with Gasteiger partial charge in [0.2, 0.25) is 0 Å². The molecule has 3 heterocycles. The summed E-state index contributed by atoms with van der Waals surface area (Å²) in [4.78, 5) is 23.6. The monoisotopic (exact) mass is 483 g/mol. The van der Waals surface area contributed by atoms with Gasteiger partial charge in [0.15, 0.2) is 6.73 Å². The highest BCUT2D eigenvalue weighted by molar-refractivity contribution is 6.36. The molecule has 1 N–H and O–H groups in total. The second kappa shape index (κ2) is 9.09. The first-order valence-electron chi connectivity index (χ1n) is 10.7. The van der Waals surface area contributed by atoms with Gasteiger partial charge in [0.1, 0.15) is 17.1 Å². The number of pyridine rings is 1. The average Bonchev–Trinajstić information content (AvgIpc) is 2.82. The lowest BCUT2D eigenvalue weighted by Crippen LogP contribution is -2.44. The predicted octanol–water partition coefficient (Wildman–Crippen LogP) is 4.88. The molecule has 5 rings (SSSR count). The number of carbonyl (C=O) groups excluding carboxylic acids is 1. The number of benzene rings is 2. The third-order valence-corrected chi connectivity index (χ3v) is 6.45. The van der Waals surface area contributed by atoms with Crippen LogP contribution in [-0.2, 0) is 0 Å². The van der Waals surface area contributed by atoms with Gasteiger partial charge >= 0.3 is 0 Å². The first-order chi connectivity index (χ1) is 16.0. The lowest BCUT2D eigenvalue weighted by atomic mass is 10.1. The van der Waals surface area contributed by atoms with Crippen molar-refractivity contribution in [3.05, 3.63) is 70.3 Å². The molecule has 2 aliphatic heterocycles. The lowest BCUT2D eigenvalue weighted by Gasteiger charge is -2.34. The minimum Gasteiger partial charge on any atom is -0.472 e. The molecular formula is C24H23Cl2N5O2. The fraction of sp³-hybridized carbons (Fsp3) is 0.250. The fourth-order valence-electron chi connectivity index (χ4n) is 3.96. The number of piperazine rings is 1. The van der Waals surface area contributed by atoms with E-state index in [-0.39, 0.29) is 12.6 Å². The van der Waals surface area contributed by atoms with E-state index in [0.29, 0.717) is 32.9 Å². The van der Waals surface area contributed by atoms with Crippen LogP contribution < -0.4 is 19.9 Å². The van der Waals surface area contributed by atoms with Crippen molar-refractivity contribution in [2.24, 2.45) is 0 Å². The van der Waals surface area contributed by atoms with Crippen LogP contribution in [0.1, 0.15) is 10.4 Å². The Morgan fingerprint density at radius 3 is 2.52 bits per heavy atom. The largest absolute Gasteiger partial charge is 0.472 e. The van der Waals surface area contributed by atoms with Crippen LogP contribution in [0.2, 0.25) is 10.0 Å². The number of carbonyl (C=O) groups is 1. The molecule has 2 aromatic carbocycles.